The molecule has 22 heavy (non-hydrogen) atoms. The first-order valence-corrected chi connectivity index (χ1v) is 7.46. The Balaban J connectivity index is 2.17. The van der Waals surface area contributed by atoms with Crippen LogP contribution in [0, 0.1) is 0 Å². The number of halogens is 1. The monoisotopic (exact) mass is 360 g/mol. The minimum Gasteiger partial charge on any atom is -0.496 e. The van der Waals surface area contributed by atoms with Crippen molar-refractivity contribution >= 4 is 27.5 Å². The van der Waals surface area contributed by atoms with Crippen LogP contribution in [0.2, 0.25) is 0 Å². The number of carbonyl (C=O) groups is 2. The number of rotatable bonds is 3. The van der Waals surface area contributed by atoms with Gasteiger partial charge < -0.3 is 9.47 Å². The van der Waals surface area contributed by atoms with Gasteiger partial charge in [-0.25, -0.2) is 0 Å². The van der Waals surface area contributed by atoms with Gasteiger partial charge in [0.2, 0.25) is 0 Å². The van der Waals surface area contributed by atoms with Crippen LogP contribution in [-0.2, 0) is 0 Å². The third-order valence-corrected chi connectivity index (χ3v) is 4.42. The van der Waals surface area contributed by atoms with Gasteiger partial charge in [-0.05, 0) is 28.1 Å². The summed E-state index contributed by atoms with van der Waals surface area (Å²) in [6.07, 6.45) is 0. The standard InChI is InChI=1S/C17H13BrO4/c1-21-13-8-12(18)14(22-2)7-11(13)15-16(19)9-5-3-4-6-10(9)17(15)20/h3-8,15H,1-2H3. The van der Waals surface area contributed by atoms with E-state index < -0.39 is 5.92 Å². The molecule has 0 radical (unpaired) electrons. The van der Waals surface area contributed by atoms with E-state index >= 15 is 0 Å². The normalized spacial score (nSPS) is 14.1. The lowest BCUT2D eigenvalue weighted by molar-refractivity contribution is 0.0888. The van der Waals surface area contributed by atoms with Crippen molar-refractivity contribution in [3.05, 3.63) is 57.6 Å². The van der Waals surface area contributed by atoms with E-state index in [9.17, 15) is 9.59 Å². The van der Waals surface area contributed by atoms with E-state index in [0.29, 0.717) is 32.7 Å². The molecule has 112 valence electrons. The van der Waals surface area contributed by atoms with Gasteiger partial charge >= 0.3 is 0 Å². The van der Waals surface area contributed by atoms with Gasteiger partial charge in [0.05, 0.1) is 18.7 Å². The molecule has 2 aromatic rings. The maximum Gasteiger partial charge on any atom is 0.178 e. The molecule has 0 aliphatic heterocycles. The summed E-state index contributed by atoms with van der Waals surface area (Å²) in [5.74, 6) is -0.263. The molecule has 1 aliphatic carbocycles. The van der Waals surface area contributed by atoms with Gasteiger partial charge in [0.25, 0.3) is 0 Å². The van der Waals surface area contributed by atoms with Crippen molar-refractivity contribution in [3.8, 4) is 11.5 Å². The Morgan fingerprint density at radius 3 is 1.95 bits per heavy atom. The van der Waals surface area contributed by atoms with Crippen molar-refractivity contribution in [1.29, 1.82) is 0 Å². The summed E-state index contributed by atoms with van der Waals surface area (Å²) in [5, 5.41) is 0. The second-order valence-electron chi connectivity index (χ2n) is 4.94. The first kappa shape index (κ1) is 14.8. The van der Waals surface area contributed by atoms with Gasteiger partial charge in [-0.15, -0.1) is 0 Å². The van der Waals surface area contributed by atoms with Gasteiger partial charge in [-0.2, -0.15) is 0 Å². The molecule has 0 spiro atoms. The third-order valence-electron chi connectivity index (χ3n) is 3.80. The van der Waals surface area contributed by atoms with Crippen LogP contribution in [-0.4, -0.2) is 25.8 Å². The lowest BCUT2D eigenvalue weighted by atomic mass is 9.93. The van der Waals surface area contributed by atoms with E-state index in [1.165, 1.54) is 14.2 Å². The van der Waals surface area contributed by atoms with Gasteiger partial charge in [0, 0.05) is 16.7 Å². The predicted octanol–water partition coefficient (Wildman–Crippen LogP) is 3.63. The average molecular weight is 361 g/mol. The van der Waals surface area contributed by atoms with Gasteiger partial charge in [0.15, 0.2) is 11.6 Å². The molecule has 5 heteroatoms. The van der Waals surface area contributed by atoms with Crippen LogP contribution < -0.4 is 9.47 Å². The summed E-state index contributed by atoms with van der Waals surface area (Å²) in [5.41, 5.74) is 1.44. The minimum absolute atomic E-state index is 0.205. The zero-order chi connectivity index (χ0) is 15.9. The van der Waals surface area contributed by atoms with Gasteiger partial charge in [-0.3, -0.25) is 9.59 Å². The van der Waals surface area contributed by atoms with Crippen LogP contribution in [0.1, 0.15) is 32.2 Å². The lowest BCUT2D eigenvalue weighted by Gasteiger charge is -2.15. The fourth-order valence-corrected chi connectivity index (χ4v) is 3.22. The number of ether oxygens (including phenoxy) is 2. The first-order chi connectivity index (χ1) is 10.6. The first-order valence-electron chi connectivity index (χ1n) is 6.67. The second-order valence-corrected chi connectivity index (χ2v) is 5.79. The average Bonchev–Trinajstić information content (AvgIpc) is 2.79. The van der Waals surface area contributed by atoms with Crippen LogP contribution in [0.4, 0.5) is 0 Å². The summed E-state index contributed by atoms with van der Waals surface area (Å²) in [6, 6.07) is 10.3. The minimum atomic E-state index is -0.880. The number of methoxy groups -OCH3 is 2. The highest BCUT2D eigenvalue weighted by Crippen LogP contribution is 2.42. The molecular weight excluding hydrogens is 348 g/mol. The van der Waals surface area contributed by atoms with Crippen LogP contribution in [0.5, 0.6) is 11.5 Å². The number of benzene rings is 2. The van der Waals surface area contributed by atoms with Crippen LogP contribution in [0.3, 0.4) is 0 Å². The fourth-order valence-electron chi connectivity index (χ4n) is 2.74. The molecule has 0 amide bonds. The number of ketones is 2. The predicted molar refractivity (Wildman–Crippen MR) is 85.1 cm³/mol. The largest absolute Gasteiger partial charge is 0.496 e. The quantitative estimate of drug-likeness (QED) is 0.784. The van der Waals surface area contributed by atoms with Crippen molar-refractivity contribution in [2.75, 3.05) is 14.2 Å². The van der Waals surface area contributed by atoms with E-state index in [2.05, 4.69) is 15.9 Å². The van der Waals surface area contributed by atoms with Gasteiger partial charge in [-0.1, -0.05) is 24.3 Å². The van der Waals surface area contributed by atoms with Crippen molar-refractivity contribution in [2.24, 2.45) is 0 Å². The molecule has 4 nitrogen and oxygen atoms in total. The maximum atomic E-state index is 12.6. The van der Waals surface area contributed by atoms with Crippen LogP contribution >= 0.6 is 15.9 Å². The zero-order valence-electron chi connectivity index (χ0n) is 12.1. The molecular formula is C17H13BrO4. The van der Waals surface area contributed by atoms with Gasteiger partial charge in [0.1, 0.15) is 17.4 Å². The Kier molecular flexibility index (Phi) is 3.74. The smallest absolute Gasteiger partial charge is 0.178 e. The SMILES string of the molecule is COc1cc(C2C(=O)c3ccccc3C2=O)c(OC)cc1Br. The van der Waals surface area contributed by atoms with Crippen molar-refractivity contribution in [3.63, 3.8) is 0 Å². The fraction of sp³-hybridized carbons (Fsp3) is 0.176. The lowest BCUT2D eigenvalue weighted by Crippen LogP contribution is -2.14. The summed E-state index contributed by atoms with van der Waals surface area (Å²) in [7, 11) is 3.04. The Morgan fingerprint density at radius 1 is 0.909 bits per heavy atom. The Labute approximate surface area is 136 Å². The van der Waals surface area contributed by atoms with Crippen molar-refractivity contribution in [2.45, 2.75) is 5.92 Å². The topological polar surface area (TPSA) is 52.6 Å². The molecule has 0 aromatic heterocycles. The van der Waals surface area contributed by atoms with Crippen LogP contribution in [0.25, 0.3) is 0 Å². The summed E-state index contributed by atoms with van der Waals surface area (Å²) < 4.78 is 11.3. The van der Waals surface area contributed by atoms with Crippen molar-refractivity contribution < 1.29 is 19.1 Å². The highest BCUT2D eigenvalue weighted by atomic mass is 79.9. The Hall–Kier alpha value is -2.14. The van der Waals surface area contributed by atoms with E-state index in [4.69, 9.17) is 9.47 Å². The number of hydrogen-bond acceptors (Lipinski definition) is 4. The maximum absolute atomic E-state index is 12.6. The molecule has 0 N–H and O–H groups in total. The molecule has 1 aliphatic rings. The van der Waals surface area contributed by atoms with E-state index in [0.717, 1.165) is 0 Å². The van der Waals surface area contributed by atoms with E-state index in [1.54, 1.807) is 36.4 Å². The molecule has 0 heterocycles. The molecule has 3 rings (SSSR count). The highest BCUT2D eigenvalue weighted by Gasteiger charge is 2.41. The number of carbonyl (C=O) groups excluding carboxylic acids is 2. The molecule has 0 saturated heterocycles. The molecule has 0 unspecified atom stereocenters. The Morgan fingerprint density at radius 2 is 1.45 bits per heavy atom. The molecule has 0 saturated carbocycles. The number of Topliss-reactive ketones (excluding diaryl/α,β-unsaturated/α-hetero) is 2. The molecule has 2 aromatic carbocycles. The summed E-state index contributed by atoms with van der Waals surface area (Å²) in [4.78, 5) is 25.3. The molecule has 0 atom stereocenters. The molecule has 0 fully saturated rings. The summed E-state index contributed by atoms with van der Waals surface area (Å²) in [6.45, 7) is 0. The third kappa shape index (κ3) is 2.13. The van der Waals surface area contributed by atoms with Crippen molar-refractivity contribution in [1.82, 2.24) is 0 Å². The van der Waals surface area contributed by atoms with Crippen LogP contribution in [0.15, 0.2) is 40.9 Å². The second kappa shape index (κ2) is 5.57. The van der Waals surface area contributed by atoms with E-state index in [1.807, 2.05) is 0 Å². The highest BCUT2D eigenvalue weighted by molar-refractivity contribution is 9.10. The summed E-state index contributed by atoms with van der Waals surface area (Å²) >= 11 is 3.37. The number of hydrogen-bond donors (Lipinski definition) is 0. The number of fused-ring (bicyclic) bond motifs is 1. The zero-order valence-corrected chi connectivity index (χ0v) is 13.6. The molecule has 0 bridgehead atoms. The van der Waals surface area contributed by atoms with E-state index in [-0.39, 0.29) is 11.6 Å². The Bertz CT molecular complexity index is 747.